The highest BCUT2D eigenvalue weighted by molar-refractivity contribution is 7.70. The van der Waals surface area contributed by atoms with Crippen molar-refractivity contribution in [1.82, 2.24) is 19.8 Å². The maximum absolute atomic E-state index is 15.6. The second kappa shape index (κ2) is 11.9. The summed E-state index contributed by atoms with van der Waals surface area (Å²) < 4.78 is 34.5. The van der Waals surface area contributed by atoms with Crippen LogP contribution in [-0.2, 0) is 9.36 Å². The van der Waals surface area contributed by atoms with Crippen LogP contribution in [0, 0.1) is 5.82 Å². The smallest absolute Gasteiger partial charge is 0.229 e. The fraction of sp³-hybridized carbons (Fsp3) is 0.433. The van der Waals surface area contributed by atoms with E-state index in [2.05, 4.69) is 30.4 Å². The molecule has 228 valence electrons. The van der Waals surface area contributed by atoms with E-state index in [4.69, 9.17) is 16.3 Å². The monoisotopic (exact) mass is 627 g/mol. The number of piperidine rings is 1. The van der Waals surface area contributed by atoms with Crippen LogP contribution in [0.15, 0.2) is 42.6 Å². The Kier molecular flexibility index (Phi) is 8.24. The summed E-state index contributed by atoms with van der Waals surface area (Å²) in [5.41, 5.74) is 1.57. The summed E-state index contributed by atoms with van der Waals surface area (Å²) in [6.45, 7) is 9.42. The van der Waals surface area contributed by atoms with E-state index in [1.807, 2.05) is 29.2 Å². The van der Waals surface area contributed by atoms with Crippen LogP contribution < -0.4 is 25.6 Å². The standard InChI is InChI=1S/C30H36ClFN7O3P/c1-19(40)37-10-8-21(9-11-37)38-12-13-39-22(17-38)18-42-26-15-20(14-24(32)28(26)39)34-30-33-16-23(31)29(36-30)35-25-6-4-5-7-27(25)43(2,3)41/h4-7,14-16,21-22H,8-13,17-18H2,1-3H3,(H2,33,34,35,36)/t22-/m0/s1. The summed E-state index contributed by atoms with van der Waals surface area (Å²) in [6.07, 6.45) is 3.38. The number of hydrogen-bond acceptors (Lipinski definition) is 9. The van der Waals surface area contributed by atoms with Crippen LogP contribution in [-0.4, -0.2) is 90.4 Å². The molecule has 2 N–H and O–H groups in total. The number of hydrogen-bond donors (Lipinski definition) is 2. The normalized spacial score (nSPS) is 19.3. The van der Waals surface area contributed by atoms with Crippen molar-refractivity contribution in [3.8, 4) is 5.75 Å². The third-order valence-electron chi connectivity index (χ3n) is 8.42. The molecule has 0 bridgehead atoms. The highest BCUT2D eigenvalue weighted by atomic mass is 35.5. The van der Waals surface area contributed by atoms with E-state index in [1.165, 1.54) is 12.3 Å². The lowest BCUT2D eigenvalue weighted by atomic mass is 9.99. The lowest BCUT2D eigenvalue weighted by molar-refractivity contribution is -0.130. The SMILES string of the molecule is CC(=O)N1CCC(N2CCN3c4c(F)cc(Nc5ncc(Cl)c(Nc6ccccc6P(C)(C)=O)n5)cc4OC[C@@H]3C2)CC1. The maximum Gasteiger partial charge on any atom is 0.229 e. The van der Waals surface area contributed by atoms with Gasteiger partial charge in [-0.25, -0.2) is 9.37 Å². The molecule has 6 rings (SSSR count). The molecule has 1 atom stereocenters. The Labute approximate surface area is 255 Å². The molecule has 13 heteroatoms. The number of likely N-dealkylation sites (tertiary alicyclic amines) is 1. The lowest BCUT2D eigenvalue weighted by Crippen LogP contribution is -2.60. The first-order valence-corrected chi connectivity index (χ1v) is 17.5. The first-order chi connectivity index (χ1) is 20.6. The molecule has 3 aliphatic heterocycles. The predicted octanol–water partition coefficient (Wildman–Crippen LogP) is 4.90. The quantitative estimate of drug-likeness (QED) is 0.370. The molecule has 4 heterocycles. The molecule has 0 unspecified atom stereocenters. The van der Waals surface area contributed by atoms with Crippen LogP contribution in [0.1, 0.15) is 19.8 Å². The van der Waals surface area contributed by atoms with Gasteiger partial charge in [-0.15, -0.1) is 0 Å². The first-order valence-electron chi connectivity index (χ1n) is 14.5. The summed E-state index contributed by atoms with van der Waals surface area (Å²) in [5.74, 6) is 0.789. The van der Waals surface area contributed by atoms with Crippen molar-refractivity contribution in [2.24, 2.45) is 0 Å². The van der Waals surface area contributed by atoms with Crippen LogP contribution >= 0.6 is 18.7 Å². The average Bonchev–Trinajstić information content (AvgIpc) is 2.98. The molecule has 0 saturated carbocycles. The van der Waals surface area contributed by atoms with E-state index in [9.17, 15) is 9.36 Å². The summed E-state index contributed by atoms with van der Waals surface area (Å²) in [6, 6.07) is 11.0. The van der Waals surface area contributed by atoms with Crippen molar-refractivity contribution in [3.63, 3.8) is 0 Å². The van der Waals surface area contributed by atoms with Gasteiger partial charge in [0.15, 0.2) is 11.6 Å². The molecule has 3 aliphatic rings. The van der Waals surface area contributed by atoms with Crippen LogP contribution in [0.4, 0.5) is 33.2 Å². The highest BCUT2D eigenvalue weighted by Gasteiger charge is 2.38. The van der Waals surface area contributed by atoms with E-state index in [1.54, 1.807) is 26.3 Å². The number of rotatable bonds is 6. The fourth-order valence-corrected chi connectivity index (χ4v) is 7.53. The molecule has 2 fully saturated rings. The Hall–Kier alpha value is -3.40. The van der Waals surface area contributed by atoms with Gasteiger partial charge in [0.25, 0.3) is 0 Å². The van der Waals surface area contributed by atoms with Crippen LogP contribution in [0.2, 0.25) is 5.02 Å². The maximum atomic E-state index is 15.6. The number of carbonyl (C=O) groups is 1. The molecule has 2 saturated heterocycles. The number of halogens is 2. The van der Waals surface area contributed by atoms with E-state index in [0.29, 0.717) is 53.1 Å². The molecule has 10 nitrogen and oxygen atoms in total. The number of anilines is 5. The summed E-state index contributed by atoms with van der Waals surface area (Å²) in [5, 5.41) is 7.23. The topological polar surface area (TPSA) is 103 Å². The Morgan fingerprint density at radius 2 is 1.86 bits per heavy atom. The number of amides is 1. The van der Waals surface area contributed by atoms with Crippen molar-refractivity contribution in [2.75, 3.05) is 68.2 Å². The zero-order valence-electron chi connectivity index (χ0n) is 24.5. The Morgan fingerprint density at radius 3 is 2.60 bits per heavy atom. The molecule has 1 aromatic heterocycles. The molecular weight excluding hydrogens is 592 g/mol. The van der Waals surface area contributed by atoms with Gasteiger partial charge in [0, 0.05) is 62.7 Å². The van der Waals surface area contributed by atoms with Crippen molar-refractivity contribution >= 4 is 58.8 Å². The van der Waals surface area contributed by atoms with Gasteiger partial charge < -0.3 is 29.7 Å². The minimum Gasteiger partial charge on any atom is -0.489 e. The van der Waals surface area contributed by atoms with Gasteiger partial charge in [0.05, 0.1) is 17.9 Å². The summed E-state index contributed by atoms with van der Waals surface area (Å²) in [4.78, 5) is 27.0. The third kappa shape index (κ3) is 6.30. The van der Waals surface area contributed by atoms with E-state index in [-0.39, 0.29) is 28.7 Å². The zero-order valence-corrected chi connectivity index (χ0v) is 26.2. The van der Waals surface area contributed by atoms with Crippen molar-refractivity contribution < 1.29 is 18.5 Å². The summed E-state index contributed by atoms with van der Waals surface area (Å²) >= 11 is 6.39. The number of piperazine rings is 1. The van der Waals surface area contributed by atoms with E-state index >= 15 is 4.39 Å². The molecular formula is C30H36ClFN7O3P. The van der Waals surface area contributed by atoms with Gasteiger partial charge in [-0.2, -0.15) is 4.98 Å². The highest BCUT2D eigenvalue weighted by Crippen LogP contribution is 2.41. The van der Waals surface area contributed by atoms with Gasteiger partial charge in [-0.3, -0.25) is 9.69 Å². The number of carbonyl (C=O) groups excluding carboxylic acids is 1. The molecule has 0 radical (unpaired) electrons. The minimum atomic E-state index is -2.56. The van der Waals surface area contributed by atoms with Crippen molar-refractivity contribution in [3.05, 3.63) is 53.4 Å². The Bertz CT molecular complexity index is 1580. The molecule has 43 heavy (non-hydrogen) atoms. The molecule has 1 amide bonds. The van der Waals surface area contributed by atoms with E-state index < -0.39 is 7.14 Å². The van der Waals surface area contributed by atoms with Crippen molar-refractivity contribution in [1.29, 1.82) is 0 Å². The molecule has 2 aromatic carbocycles. The molecule has 0 aliphatic carbocycles. The van der Waals surface area contributed by atoms with Crippen LogP contribution in [0.5, 0.6) is 5.75 Å². The van der Waals surface area contributed by atoms with Crippen molar-refractivity contribution in [2.45, 2.75) is 31.8 Å². The predicted molar refractivity (Wildman–Crippen MR) is 169 cm³/mol. The number of aromatic nitrogens is 2. The zero-order chi connectivity index (χ0) is 30.3. The van der Waals surface area contributed by atoms with Crippen LogP contribution in [0.3, 0.4) is 0 Å². The van der Waals surface area contributed by atoms with Gasteiger partial charge in [-0.1, -0.05) is 23.7 Å². The molecule has 3 aromatic rings. The largest absolute Gasteiger partial charge is 0.489 e. The number of nitrogens with one attached hydrogen (secondary N) is 2. The number of fused-ring (bicyclic) bond motifs is 3. The number of nitrogens with zero attached hydrogens (tertiary/aromatic N) is 5. The second-order valence-electron chi connectivity index (χ2n) is 11.7. The van der Waals surface area contributed by atoms with Gasteiger partial charge in [-0.05, 0) is 44.4 Å². The molecule has 0 spiro atoms. The first kappa shape index (κ1) is 29.7. The van der Waals surface area contributed by atoms with Gasteiger partial charge >= 0.3 is 0 Å². The lowest BCUT2D eigenvalue weighted by Gasteiger charge is -2.49. The van der Waals surface area contributed by atoms with Gasteiger partial charge in [0.1, 0.15) is 30.2 Å². The van der Waals surface area contributed by atoms with E-state index in [0.717, 1.165) is 39.0 Å². The van der Waals surface area contributed by atoms with Crippen LogP contribution in [0.25, 0.3) is 0 Å². The minimum absolute atomic E-state index is 0.0538. The number of para-hydroxylation sites is 1. The fourth-order valence-electron chi connectivity index (χ4n) is 6.24. The van der Waals surface area contributed by atoms with Gasteiger partial charge in [0.2, 0.25) is 11.9 Å². The number of benzene rings is 2. The third-order valence-corrected chi connectivity index (χ3v) is 10.3. The Morgan fingerprint density at radius 1 is 1.09 bits per heavy atom. The Balaban J connectivity index is 1.15. The number of ether oxygens (including phenoxy) is 1. The summed E-state index contributed by atoms with van der Waals surface area (Å²) in [7, 11) is -2.56. The second-order valence-corrected chi connectivity index (χ2v) is 15.3. The average molecular weight is 628 g/mol.